The zero-order valence-electron chi connectivity index (χ0n) is 13.3. The van der Waals surface area contributed by atoms with E-state index in [0.29, 0.717) is 18.6 Å². The van der Waals surface area contributed by atoms with E-state index in [1.807, 2.05) is 26.0 Å². The lowest BCUT2D eigenvalue weighted by Crippen LogP contribution is -2.34. The Morgan fingerprint density at radius 3 is 2.78 bits per heavy atom. The van der Waals surface area contributed by atoms with Crippen LogP contribution in [-0.4, -0.2) is 36.8 Å². The highest BCUT2D eigenvalue weighted by Gasteiger charge is 2.38. The van der Waals surface area contributed by atoms with Gasteiger partial charge in [-0.2, -0.15) is 4.31 Å². The third-order valence-corrected chi connectivity index (χ3v) is 6.35. The van der Waals surface area contributed by atoms with Crippen LogP contribution in [-0.2, 0) is 10.0 Å². The van der Waals surface area contributed by atoms with Crippen LogP contribution in [0.25, 0.3) is 10.9 Å². The van der Waals surface area contributed by atoms with Crippen molar-refractivity contribution in [2.45, 2.75) is 31.2 Å². The Balaban J connectivity index is 0.00000192. The highest BCUT2D eigenvalue weighted by Crippen LogP contribution is 2.31. The average Bonchev–Trinajstić information content (AvgIpc) is 2.88. The second-order valence-electron chi connectivity index (χ2n) is 6.10. The van der Waals surface area contributed by atoms with Crippen molar-refractivity contribution in [2.24, 2.45) is 11.7 Å². The van der Waals surface area contributed by atoms with Gasteiger partial charge in [-0.1, -0.05) is 12.1 Å². The average molecular weight is 356 g/mol. The first-order valence-electron chi connectivity index (χ1n) is 7.50. The molecule has 1 fully saturated rings. The Labute approximate surface area is 143 Å². The normalized spacial score (nSPS) is 22.2. The number of nitrogens with two attached hydrogens (primary N) is 1. The fourth-order valence-corrected chi connectivity index (χ4v) is 5.08. The molecule has 3 rings (SSSR count). The van der Waals surface area contributed by atoms with Gasteiger partial charge in [0.05, 0.1) is 5.52 Å². The number of aromatic nitrogens is 1. The lowest BCUT2D eigenvalue weighted by Gasteiger charge is -2.21. The second kappa shape index (κ2) is 6.73. The molecule has 0 bridgehead atoms. The maximum Gasteiger partial charge on any atom is 0.245 e. The van der Waals surface area contributed by atoms with Crippen LogP contribution in [0.15, 0.2) is 35.4 Å². The molecule has 2 unspecified atom stereocenters. The summed E-state index contributed by atoms with van der Waals surface area (Å²) < 4.78 is 27.7. The molecule has 5 nitrogen and oxygen atoms in total. The number of hydrogen-bond acceptors (Lipinski definition) is 4. The van der Waals surface area contributed by atoms with Crippen LogP contribution < -0.4 is 5.73 Å². The van der Waals surface area contributed by atoms with Crippen LogP contribution in [0.2, 0.25) is 0 Å². The molecular formula is C16H22ClN3O2S. The number of sulfonamides is 1. The zero-order valence-corrected chi connectivity index (χ0v) is 14.9. The van der Waals surface area contributed by atoms with Crippen LogP contribution in [0.1, 0.15) is 18.9 Å². The van der Waals surface area contributed by atoms with Gasteiger partial charge in [0, 0.05) is 24.2 Å². The van der Waals surface area contributed by atoms with Gasteiger partial charge in [0.2, 0.25) is 10.0 Å². The Hall–Kier alpha value is -1.21. The quantitative estimate of drug-likeness (QED) is 0.916. The summed E-state index contributed by atoms with van der Waals surface area (Å²) >= 11 is 0. The van der Waals surface area contributed by atoms with Gasteiger partial charge in [0.1, 0.15) is 4.90 Å². The van der Waals surface area contributed by atoms with E-state index < -0.39 is 10.0 Å². The minimum Gasteiger partial charge on any atom is -0.330 e. The summed E-state index contributed by atoms with van der Waals surface area (Å²) in [6, 6.07) is 7.24. The predicted molar refractivity (Wildman–Crippen MR) is 94.2 cm³/mol. The molecule has 2 heterocycles. The van der Waals surface area contributed by atoms with Gasteiger partial charge >= 0.3 is 0 Å². The second-order valence-corrected chi connectivity index (χ2v) is 7.96. The molecule has 0 amide bonds. The Bertz CT molecular complexity index is 810. The standard InChI is InChI=1S/C16H21N3O2S.ClH/c1-11-6-14-4-3-5-15(16(14)18-9-11)22(20,21)19-10-13(8-17)7-12(19)2;/h3-6,9,12-13H,7-8,10,17H2,1-2H3;1H. The molecule has 23 heavy (non-hydrogen) atoms. The summed E-state index contributed by atoms with van der Waals surface area (Å²) in [6.07, 6.45) is 2.52. The highest BCUT2D eigenvalue weighted by molar-refractivity contribution is 7.89. The van der Waals surface area contributed by atoms with Crippen molar-refractivity contribution in [1.82, 2.24) is 9.29 Å². The number of rotatable bonds is 3. The van der Waals surface area contributed by atoms with Crippen LogP contribution in [0.5, 0.6) is 0 Å². The van der Waals surface area contributed by atoms with Crippen molar-refractivity contribution in [3.8, 4) is 0 Å². The molecule has 1 aliphatic heterocycles. The maximum absolute atomic E-state index is 13.1. The van der Waals surface area contributed by atoms with E-state index in [1.165, 1.54) is 0 Å². The van der Waals surface area contributed by atoms with Gasteiger partial charge in [-0.05, 0) is 50.4 Å². The van der Waals surface area contributed by atoms with Crippen LogP contribution in [0, 0.1) is 12.8 Å². The fraction of sp³-hybridized carbons (Fsp3) is 0.438. The number of nitrogens with zero attached hydrogens (tertiary/aromatic N) is 2. The van der Waals surface area contributed by atoms with E-state index in [4.69, 9.17) is 5.73 Å². The van der Waals surface area contributed by atoms with Crippen molar-refractivity contribution in [2.75, 3.05) is 13.1 Å². The lowest BCUT2D eigenvalue weighted by atomic mass is 10.1. The highest BCUT2D eigenvalue weighted by atomic mass is 35.5. The van der Waals surface area contributed by atoms with Crippen molar-refractivity contribution >= 4 is 33.3 Å². The van der Waals surface area contributed by atoms with Crippen molar-refractivity contribution < 1.29 is 8.42 Å². The SMILES string of the molecule is Cc1cnc2c(S(=O)(=O)N3CC(CN)CC3C)cccc2c1.Cl. The summed E-state index contributed by atoms with van der Waals surface area (Å²) in [4.78, 5) is 4.64. The molecule has 126 valence electrons. The molecule has 0 saturated carbocycles. The number of aryl methyl sites for hydroxylation is 1. The van der Waals surface area contributed by atoms with E-state index in [0.717, 1.165) is 17.4 Å². The third-order valence-electron chi connectivity index (χ3n) is 4.33. The van der Waals surface area contributed by atoms with E-state index in [9.17, 15) is 8.42 Å². The molecule has 1 aliphatic rings. The Kier molecular flexibility index (Phi) is 5.30. The summed E-state index contributed by atoms with van der Waals surface area (Å²) in [5, 5.41) is 0.850. The summed E-state index contributed by atoms with van der Waals surface area (Å²) in [6.45, 7) is 4.89. The molecule has 7 heteroatoms. The molecule has 2 aromatic rings. The van der Waals surface area contributed by atoms with Gasteiger partial charge in [-0.3, -0.25) is 4.98 Å². The van der Waals surface area contributed by atoms with E-state index in [-0.39, 0.29) is 29.3 Å². The molecule has 0 radical (unpaired) electrons. The number of para-hydroxylation sites is 1. The molecule has 1 aromatic carbocycles. The molecule has 0 aliphatic carbocycles. The topological polar surface area (TPSA) is 76.3 Å². The van der Waals surface area contributed by atoms with Crippen molar-refractivity contribution in [3.63, 3.8) is 0 Å². The number of halogens is 1. The van der Waals surface area contributed by atoms with Crippen molar-refractivity contribution in [1.29, 1.82) is 0 Å². The number of benzene rings is 1. The lowest BCUT2D eigenvalue weighted by molar-refractivity contribution is 0.405. The Morgan fingerprint density at radius 2 is 2.13 bits per heavy atom. The largest absolute Gasteiger partial charge is 0.330 e. The first-order chi connectivity index (χ1) is 10.4. The molecule has 0 spiro atoms. The third kappa shape index (κ3) is 3.21. The molecule has 1 saturated heterocycles. The molecular weight excluding hydrogens is 334 g/mol. The number of fused-ring (bicyclic) bond motifs is 1. The first kappa shape index (κ1) is 18.1. The first-order valence-corrected chi connectivity index (χ1v) is 8.94. The van der Waals surface area contributed by atoms with Crippen molar-refractivity contribution in [3.05, 3.63) is 36.0 Å². The molecule has 2 N–H and O–H groups in total. The van der Waals surface area contributed by atoms with Gasteiger partial charge < -0.3 is 5.73 Å². The van der Waals surface area contributed by atoms with Gasteiger partial charge in [-0.25, -0.2) is 8.42 Å². The van der Waals surface area contributed by atoms with Gasteiger partial charge in [0.15, 0.2) is 0 Å². The maximum atomic E-state index is 13.1. The summed E-state index contributed by atoms with van der Waals surface area (Å²) in [5.74, 6) is 0.231. The fourth-order valence-electron chi connectivity index (χ4n) is 3.19. The zero-order chi connectivity index (χ0) is 15.9. The monoisotopic (exact) mass is 355 g/mol. The van der Waals surface area contributed by atoms with Crippen LogP contribution >= 0.6 is 12.4 Å². The molecule has 1 aromatic heterocycles. The smallest absolute Gasteiger partial charge is 0.245 e. The molecule has 2 atom stereocenters. The van der Waals surface area contributed by atoms with E-state index >= 15 is 0 Å². The van der Waals surface area contributed by atoms with Crippen LogP contribution in [0.4, 0.5) is 0 Å². The van der Waals surface area contributed by atoms with E-state index in [1.54, 1.807) is 22.6 Å². The van der Waals surface area contributed by atoms with Gasteiger partial charge in [-0.15, -0.1) is 12.4 Å². The Morgan fingerprint density at radius 1 is 1.39 bits per heavy atom. The minimum atomic E-state index is -3.56. The predicted octanol–water partition coefficient (Wildman–Crippen LogP) is 2.32. The minimum absolute atomic E-state index is 0. The van der Waals surface area contributed by atoms with Gasteiger partial charge in [0.25, 0.3) is 0 Å². The van der Waals surface area contributed by atoms with Crippen LogP contribution in [0.3, 0.4) is 0 Å². The van der Waals surface area contributed by atoms with E-state index in [2.05, 4.69) is 4.98 Å². The number of pyridine rings is 1. The summed E-state index contributed by atoms with van der Waals surface area (Å²) in [5.41, 5.74) is 7.27. The number of hydrogen-bond donors (Lipinski definition) is 1. The summed E-state index contributed by atoms with van der Waals surface area (Å²) in [7, 11) is -3.56.